The van der Waals surface area contributed by atoms with Gasteiger partial charge < -0.3 is 4.43 Å². The minimum absolute atomic E-state index is 0.117. The molecule has 0 radical (unpaired) electrons. The average Bonchev–Trinajstić information content (AvgIpc) is 2.63. The van der Waals surface area contributed by atoms with Gasteiger partial charge in [0.25, 0.3) is 0 Å². The Morgan fingerprint density at radius 3 is 2.16 bits per heavy atom. The van der Waals surface area contributed by atoms with Gasteiger partial charge in [-0.3, -0.25) is 4.68 Å². The fraction of sp³-hybridized carbons (Fsp3) is 0.800. The van der Waals surface area contributed by atoms with Crippen molar-refractivity contribution >= 4 is 8.32 Å². The molecule has 1 aromatic heterocycles. The molecule has 0 N–H and O–H groups in total. The second-order valence-electron chi connectivity index (χ2n) is 7.82. The SMILES string of the molecule is CC(C)(C)c1ccn(CCO[Si](C)(C)C(C)(C)C)n1. The highest BCUT2D eigenvalue weighted by Gasteiger charge is 2.36. The lowest BCUT2D eigenvalue weighted by atomic mass is 9.93. The van der Waals surface area contributed by atoms with Crippen LogP contribution in [0.2, 0.25) is 18.1 Å². The Balaban J connectivity index is 2.53. The van der Waals surface area contributed by atoms with Crippen LogP contribution in [0.5, 0.6) is 0 Å². The van der Waals surface area contributed by atoms with Gasteiger partial charge in [0, 0.05) is 11.6 Å². The molecule has 0 aliphatic rings. The van der Waals surface area contributed by atoms with Gasteiger partial charge in [0.05, 0.1) is 18.8 Å². The fourth-order valence-corrected chi connectivity index (χ4v) is 2.53. The first-order valence-corrected chi connectivity index (χ1v) is 10.0. The van der Waals surface area contributed by atoms with Crippen LogP contribution in [0.3, 0.4) is 0 Å². The van der Waals surface area contributed by atoms with Crippen LogP contribution in [0, 0.1) is 0 Å². The van der Waals surface area contributed by atoms with Gasteiger partial charge >= 0.3 is 0 Å². The molecule has 0 aliphatic carbocycles. The first-order chi connectivity index (χ1) is 8.43. The van der Waals surface area contributed by atoms with E-state index in [1.807, 2.05) is 4.68 Å². The third-order valence-corrected chi connectivity index (χ3v) is 8.54. The van der Waals surface area contributed by atoms with E-state index in [1.54, 1.807) is 0 Å². The summed E-state index contributed by atoms with van der Waals surface area (Å²) in [6.07, 6.45) is 2.05. The van der Waals surface area contributed by atoms with Crippen LogP contribution in [-0.2, 0) is 16.4 Å². The van der Waals surface area contributed by atoms with Gasteiger partial charge in [-0.15, -0.1) is 0 Å². The van der Waals surface area contributed by atoms with Crippen LogP contribution in [-0.4, -0.2) is 24.7 Å². The Hall–Kier alpha value is -0.613. The Morgan fingerprint density at radius 2 is 1.74 bits per heavy atom. The van der Waals surface area contributed by atoms with Crippen LogP contribution in [0.4, 0.5) is 0 Å². The summed E-state index contributed by atoms with van der Waals surface area (Å²) in [4.78, 5) is 0. The van der Waals surface area contributed by atoms with Crippen molar-refractivity contribution < 1.29 is 4.43 Å². The molecule has 19 heavy (non-hydrogen) atoms. The first-order valence-electron chi connectivity index (χ1n) is 7.11. The lowest BCUT2D eigenvalue weighted by Crippen LogP contribution is -2.41. The molecule has 4 heteroatoms. The lowest BCUT2D eigenvalue weighted by Gasteiger charge is -2.36. The van der Waals surface area contributed by atoms with Gasteiger partial charge in [-0.05, 0) is 24.2 Å². The van der Waals surface area contributed by atoms with E-state index in [1.165, 1.54) is 0 Å². The van der Waals surface area contributed by atoms with E-state index >= 15 is 0 Å². The van der Waals surface area contributed by atoms with E-state index < -0.39 is 8.32 Å². The molecule has 1 rings (SSSR count). The Kier molecular flexibility index (Phi) is 4.68. The summed E-state index contributed by atoms with van der Waals surface area (Å²) in [6, 6.07) is 2.10. The Labute approximate surface area is 119 Å². The van der Waals surface area contributed by atoms with Gasteiger partial charge in [-0.2, -0.15) is 5.10 Å². The summed E-state index contributed by atoms with van der Waals surface area (Å²) in [6.45, 7) is 19.5. The minimum atomic E-state index is -1.63. The molecule has 0 bridgehead atoms. The van der Waals surface area contributed by atoms with E-state index in [4.69, 9.17) is 4.43 Å². The molecule has 0 unspecified atom stereocenters. The zero-order valence-corrected chi connectivity index (χ0v) is 14.9. The zero-order valence-electron chi connectivity index (χ0n) is 13.9. The molecule has 0 saturated carbocycles. The summed E-state index contributed by atoms with van der Waals surface area (Å²) in [5, 5.41) is 4.89. The van der Waals surface area contributed by atoms with E-state index in [-0.39, 0.29) is 10.5 Å². The van der Waals surface area contributed by atoms with Crippen LogP contribution < -0.4 is 0 Å². The summed E-state index contributed by atoms with van der Waals surface area (Å²) < 4.78 is 8.16. The number of hydrogen-bond acceptors (Lipinski definition) is 2. The van der Waals surface area contributed by atoms with E-state index in [0.717, 1.165) is 18.8 Å². The van der Waals surface area contributed by atoms with Crippen molar-refractivity contribution in [1.82, 2.24) is 9.78 Å². The van der Waals surface area contributed by atoms with Crippen molar-refractivity contribution in [2.24, 2.45) is 0 Å². The van der Waals surface area contributed by atoms with Crippen molar-refractivity contribution in [3.05, 3.63) is 18.0 Å². The molecule has 0 spiro atoms. The van der Waals surface area contributed by atoms with Gasteiger partial charge in [0.1, 0.15) is 0 Å². The van der Waals surface area contributed by atoms with Crippen LogP contribution >= 0.6 is 0 Å². The topological polar surface area (TPSA) is 27.1 Å². The molecular weight excluding hydrogens is 252 g/mol. The summed E-state index contributed by atoms with van der Waals surface area (Å²) in [5.41, 5.74) is 1.26. The highest BCUT2D eigenvalue weighted by Crippen LogP contribution is 2.36. The predicted octanol–water partition coefficient (Wildman–Crippen LogP) is 4.20. The summed E-state index contributed by atoms with van der Waals surface area (Å²) >= 11 is 0. The monoisotopic (exact) mass is 282 g/mol. The normalized spacial score (nSPS) is 13.9. The minimum Gasteiger partial charge on any atom is -0.415 e. The molecular formula is C15H30N2OSi. The highest BCUT2D eigenvalue weighted by molar-refractivity contribution is 6.74. The highest BCUT2D eigenvalue weighted by atomic mass is 28.4. The molecule has 1 heterocycles. The summed E-state index contributed by atoms with van der Waals surface area (Å²) in [7, 11) is -1.63. The molecule has 0 saturated heterocycles. The first kappa shape index (κ1) is 16.4. The number of nitrogens with zero attached hydrogens (tertiary/aromatic N) is 2. The van der Waals surface area contributed by atoms with E-state index in [9.17, 15) is 0 Å². The van der Waals surface area contributed by atoms with Gasteiger partial charge in [-0.1, -0.05) is 41.5 Å². The summed E-state index contributed by atoms with van der Waals surface area (Å²) in [5.74, 6) is 0. The molecule has 0 atom stereocenters. The second kappa shape index (κ2) is 5.41. The number of hydrogen-bond donors (Lipinski definition) is 0. The number of aromatic nitrogens is 2. The van der Waals surface area contributed by atoms with E-state index in [0.29, 0.717) is 0 Å². The molecule has 1 aromatic rings. The van der Waals surface area contributed by atoms with Crippen molar-refractivity contribution in [2.75, 3.05) is 6.61 Å². The average molecular weight is 283 g/mol. The van der Waals surface area contributed by atoms with E-state index in [2.05, 4.69) is 72.0 Å². The molecule has 0 amide bonds. The lowest BCUT2D eigenvalue weighted by molar-refractivity contribution is 0.265. The smallest absolute Gasteiger partial charge is 0.192 e. The molecule has 0 fully saturated rings. The largest absolute Gasteiger partial charge is 0.415 e. The van der Waals surface area contributed by atoms with Crippen molar-refractivity contribution in [1.29, 1.82) is 0 Å². The van der Waals surface area contributed by atoms with Gasteiger partial charge in [0.15, 0.2) is 8.32 Å². The van der Waals surface area contributed by atoms with Crippen molar-refractivity contribution in [3.63, 3.8) is 0 Å². The van der Waals surface area contributed by atoms with Crippen LogP contribution in [0.15, 0.2) is 12.3 Å². The van der Waals surface area contributed by atoms with Crippen molar-refractivity contribution in [3.8, 4) is 0 Å². The standard InChI is InChI=1S/C15H30N2OSi/c1-14(2,3)13-9-10-17(16-13)11-12-18-19(7,8)15(4,5)6/h9-10H,11-12H2,1-8H3. The van der Waals surface area contributed by atoms with Crippen molar-refractivity contribution in [2.45, 2.75) is 71.6 Å². The quantitative estimate of drug-likeness (QED) is 0.774. The number of rotatable bonds is 4. The third kappa shape index (κ3) is 4.46. The maximum atomic E-state index is 6.17. The second-order valence-corrected chi connectivity index (χ2v) is 12.6. The Bertz CT molecular complexity index is 411. The van der Waals surface area contributed by atoms with Gasteiger partial charge in [-0.25, -0.2) is 0 Å². The zero-order chi connectivity index (χ0) is 14.9. The molecule has 3 nitrogen and oxygen atoms in total. The van der Waals surface area contributed by atoms with Crippen LogP contribution in [0.1, 0.15) is 47.2 Å². The maximum absolute atomic E-state index is 6.17. The van der Waals surface area contributed by atoms with Gasteiger partial charge in [0.2, 0.25) is 0 Å². The third-order valence-electron chi connectivity index (χ3n) is 4.00. The predicted molar refractivity (Wildman–Crippen MR) is 84.1 cm³/mol. The molecule has 0 aromatic carbocycles. The fourth-order valence-electron chi connectivity index (χ4n) is 1.50. The maximum Gasteiger partial charge on any atom is 0.192 e. The Morgan fingerprint density at radius 1 is 1.16 bits per heavy atom. The molecule has 110 valence electrons. The van der Waals surface area contributed by atoms with Crippen LogP contribution in [0.25, 0.3) is 0 Å². The molecule has 0 aliphatic heterocycles.